The number of amides is 1. The molecular weight excluding hydrogens is 368 g/mol. The van der Waals surface area contributed by atoms with Crippen molar-refractivity contribution in [3.05, 3.63) is 71.8 Å². The summed E-state index contributed by atoms with van der Waals surface area (Å²) < 4.78 is 0. The number of rotatable bonds is 7. The molecule has 4 unspecified atom stereocenters. The van der Waals surface area contributed by atoms with Crippen LogP contribution >= 0.6 is 0 Å². The first-order chi connectivity index (χ1) is 14.3. The molecule has 0 aliphatic heterocycles. The fraction of sp³-hybridized carbons (Fsp3) is 0.519. The lowest BCUT2D eigenvalue weighted by Gasteiger charge is -2.43. The normalized spacial score (nSPS) is 27.7. The largest absolute Gasteiger partial charge is 0.331 e. The van der Waals surface area contributed by atoms with Crippen LogP contribution in [0.15, 0.2) is 60.7 Å². The molecule has 1 N–H and O–H groups in total. The van der Waals surface area contributed by atoms with Crippen molar-refractivity contribution in [1.82, 2.24) is 10.2 Å². The number of carbonyl (C=O) groups excluding carboxylic acids is 1. The van der Waals surface area contributed by atoms with Gasteiger partial charge in [0.25, 0.3) is 0 Å². The van der Waals surface area contributed by atoms with Gasteiger partial charge in [0, 0.05) is 12.6 Å². The third kappa shape index (κ3) is 3.92. The van der Waals surface area contributed by atoms with Crippen LogP contribution in [-0.2, 0) is 11.3 Å². The molecule has 0 heterocycles. The second-order valence-electron chi connectivity index (χ2n) is 10.3. The van der Waals surface area contributed by atoms with Gasteiger partial charge < -0.3 is 10.2 Å². The Morgan fingerprint density at radius 3 is 2.30 bits per heavy atom. The maximum absolute atomic E-state index is 13.5. The van der Waals surface area contributed by atoms with Gasteiger partial charge in [0.1, 0.15) is 0 Å². The van der Waals surface area contributed by atoms with Gasteiger partial charge in [-0.15, -0.1) is 0 Å². The van der Waals surface area contributed by atoms with E-state index < -0.39 is 0 Å². The van der Waals surface area contributed by atoms with E-state index in [0.29, 0.717) is 24.5 Å². The summed E-state index contributed by atoms with van der Waals surface area (Å²) in [5, 5.41) is 3.72. The van der Waals surface area contributed by atoms with E-state index in [1.165, 1.54) is 30.4 Å². The van der Waals surface area contributed by atoms with Crippen molar-refractivity contribution in [1.29, 1.82) is 0 Å². The highest BCUT2D eigenvalue weighted by molar-refractivity contribution is 5.79. The van der Waals surface area contributed by atoms with E-state index in [1.54, 1.807) is 0 Å². The van der Waals surface area contributed by atoms with Crippen LogP contribution in [0.4, 0.5) is 0 Å². The minimum absolute atomic E-state index is 0.0318. The number of nitrogens with one attached hydrogen (secondary N) is 1. The summed E-state index contributed by atoms with van der Waals surface area (Å²) in [4.78, 5) is 15.5. The standard InChI is InChI=1S/C27H36N2O/c1-20(22-13-9-6-10-14-22)29(19-21-11-7-5-8-12-21)24(30)18-28-25-26(2,3)23-15-16-27(25,4)17-23/h5-14,20,23,25,28H,15-19H2,1-4H3. The zero-order valence-electron chi connectivity index (χ0n) is 18.9. The number of nitrogens with zero attached hydrogens (tertiary/aromatic N) is 1. The molecule has 3 heteroatoms. The predicted octanol–water partition coefficient (Wildman–Crippen LogP) is 5.58. The first kappa shape index (κ1) is 21.1. The molecule has 3 nitrogen and oxygen atoms in total. The lowest BCUT2D eigenvalue weighted by molar-refractivity contribution is -0.133. The second-order valence-corrected chi connectivity index (χ2v) is 10.3. The molecule has 0 spiro atoms. The summed E-state index contributed by atoms with van der Waals surface area (Å²) in [6.45, 7) is 10.4. The maximum atomic E-state index is 13.5. The van der Waals surface area contributed by atoms with Gasteiger partial charge in [0.2, 0.25) is 5.91 Å². The van der Waals surface area contributed by atoms with Crippen molar-refractivity contribution >= 4 is 5.91 Å². The third-order valence-corrected chi connectivity index (χ3v) is 7.99. The van der Waals surface area contributed by atoms with E-state index in [0.717, 1.165) is 5.92 Å². The van der Waals surface area contributed by atoms with E-state index in [2.05, 4.69) is 57.3 Å². The Morgan fingerprint density at radius 2 is 1.70 bits per heavy atom. The van der Waals surface area contributed by atoms with E-state index in [1.807, 2.05) is 41.3 Å². The van der Waals surface area contributed by atoms with Gasteiger partial charge in [-0.1, -0.05) is 81.4 Å². The van der Waals surface area contributed by atoms with E-state index in [4.69, 9.17) is 0 Å². The molecule has 2 aliphatic rings. The molecule has 160 valence electrons. The van der Waals surface area contributed by atoms with Gasteiger partial charge in [-0.3, -0.25) is 4.79 Å². The molecule has 4 atom stereocenters. The highest BCUT2D eigenvalue weighted by atomic mass is 16.2. The fourth-order valence-electron chi connectivity index (χ4n) is 6.24. The van der Waals surface area contributed by atoms with Crippen molar-refractivity contribution in [3.63, 3.8) is 0 Å². The molecule has 4 rings (SSSR count). The molecule has 1 amide bonds. The molecular formula is C27H36N2O. The summed E-state index contributed by atoms with van der Waals surface area (Å²) in [7, 11) is 0. The molecule has 2 aromatic rings. The van der Waals surface area contributed by atoms with Crippen LogP contribution < -0.4 is 5.32 Å². The van der Waals surface area contributed by atoms with Crippen molar-refractivity contribution in [2.45, 2.75) is 65.6 Å². The maximum Gasteiger partial charge on any atom is 0.237 e. The molecule has 0 saturated heterocycles. The highest BCUT2D eigenvalue weighted by Crippen LogP contribution is 2.62. The smallest absolute Gasteiger partial charge is 0.237 e. The highest BCUT2D eigenvalue weighted by Gasteiger charge is 2.59. The van der Waals surface area contributed by atoms with E-state index in [-0.39, 0.29) is 17.4 Å². The summed E-state index contributed by atoms with van der Waals surface area (Å²) in [5.74, 6) is 0.955. The van der Waals surface area contributed by atoms with E-state index >= 15 is 0 Å². The fourth-order valence-corrected chi connectivity index (χ4v) is 6.24. The quantitative estimate of drug-likeness (QED) is 0.653. The van der Waals surface area contributed by atoms with Gasteiger partial charge in [0.15, 0.2) is 0 Å². The first-order valence-electron chi connectivity index (χ1n) is 11.4. The lowest BCUT2D eigenvalue weighted by Crippen LogP contribution is -2.53. The van der Waals surface area contributed by atoms with Crippen molar-refractivity contribution in [3.8, 4) is 0 Å². The summed E-state index contributed by atoms with van der Waals surface area (Å²) in [6.07, 6.45) is 3.90. The Hall–Kier alpha value is -2.13. The molecule has 0 radical (unpaired) electrons. The van der Waals surface area contributed by atoms with Gasteiger partial charge in [-0.25, -0.2) is 0 Å². The molecule has 30 heavy (non-hydrogen) atoms. The number of benzene rings is 2. The molecule has 2 saturated carbocycles. The monoisotopic (exact) mass is 404 g/mol. The number of hydrogen-bond donors (Lipinski definition) is 1. The van der Waals surface area contributed by atoms with Crippen LogP contribution in [-0.4, -0.2) is 23.4 Å². The Balaban J connectivity index is 1.51. The molecule has 2 aromatic carbocycles. The zero-order valence-corrected chi connectivity index (χ0v) is 18.9. The van der Waals surface area contributed by atoms with Crippen molar-refractivity contribution in [2.75, 3.05) is 6.54 Å². The van der Waals surface area contributed by atoms with Gasteiger partial charge >= 0.3 is 0 Å². The Kier molecular flexibility index (Phi) is 5.76. The third-order valence-electron chi connectivity index (χ3n) is 7.99. The number of carbonyl (C=O) groups is 1. The number of fused-ring (bicyclic) bond motifs is 2. The van der Waals surface area contributed by atoms with Crippen LogP contribution in [0.2, 0.25) is 0 Å². The first-order valence-corrected chi connectivity index (χ1v) is 11.4. The van der Waals surface area contributed by atoms with Crippen LogP contribution in [0.5, 0.6) is 0 Å². The zero-order chi connectivity index (χ0) is 21.4. The minimum Gasteiger partial charge on any atom is -0.331 e. The molecule has 2 fully saturated rings. The van der Waals surface area contributed by atoms with Crippen LogP contribution in [0.1, 0.15) is 64.1 Å². The predicted molar refractivity (Wildman–Crippen MR) is 123 cm³/mol. The Bertz CT molecular complexity index is 858. The number of hydrogen-bond acceptors (Lipinski definition) is 2. The van der Waals surface area contributed by atoms with Crippen molar-refractivity contribution < 1.29 is 4.79 Å². The Morgan fingerprint density at radius 1 is 1.07 bits per heavy atom. The van der Waals surface area contributed by atoms with Gasteiger partial charge in [-0.2, -0.15) is 0 Å². The van der Waals surface area contributed by atoms with Crippen LogP contribution in [0.25, 0.3) is 0 Å². The molecule has 0 aromatic heterocycles. The van der Waals surface area contributed by atoms with E-state index in [9.17, 15) is 4.79 Å². The average molecular weight is 405 g/mol. The summed E-state index contributed by atoms with van der Waals surface area (Å²) in [6, 6.07) is 21.1. The Labute approximate surface area is 181 Å². The van der Waals surface area contributed by atoms with Crippen LogP contribution in [0, 0.1) is 16.7 Å². The SMILES string of the molecule is CC(c1ccccc1)N(Cc1ccccc1)C(=O)CNC1C2(C)CCC(C2)C1(C)C. The summed E-state index contributed by atoms with van der Waals surface area (Å²) >= 11 is 0. The average Bonchev–Trinajstić information content (AvgIpc) is 3.23. The van der Waals surface area contributed by atoms with Gasteiger partial charge in [0.05, 0.1) is 12.6 Å². The molecule has 2 bridgehead atoms. The lowest BCUT2D eigenvalue weighted by atomic mass is 9.68. The minimum atomic E-state index is 0.0318. The molecule has 2 aliphatic carbocycles. The van der Waals surface area contributed by atoms with Gasteiger partial charge in [-0.05, 0) is 54.1 Å². The second kappa shape index (κ2) is 8.19. The summed E-state index contributed by atoms with van der Waals surface area (Å²) in [5.41, 5.74) is 2.92. The topological polar surface area (TPSA) is 32.3 Å². The van der Waals surface area contributed by atoms with Crippen LogP contribution in [0.3, 0.4) is 0 Å². The van der Waals surface area contributed by atoms with Crippen molar-refractivity contribution in [2.24, 2.45) is 16.7 Å².